The highest BCUT2D eigenvalue weighted by Crippen LogP contribution is 2.50. The first kappa shape index (κ1) is 90.2. The van der Waals surface area contributed by atoms with Crippen molar-refractivity contribution in [1.29, 1.82) is 5.26 Å². The number of isocyanates is 2. The number of rotatable bonds is 25. The Labute approximate surface area is 651 Å². The van der Waals surface area contributed by atoms with Crippen molar-refractivity contribution in [3.8, 4) is 17.8 Å². The first-order valence-corrected chi connectivity index (χ1v) is 36.8. The molecule has 0 aliphatic heterocycles. The van der Waals surface area contributed by atoms with Crippen LogP contribution in [0.1, 0.15) is 160 Å². The summed E-state index contributed by atoms with van der Waals surface area (Å²) in [5, 5.41) is 56.8. The quantitative estimate of drug-likeness (QED) is 0.00616. The van der Waals surface area contributed by atoms with Gasteiger partial charge in [-0.2, -0.15) is 35.9 Å². The minimum atomic E-state index is -0.503. The summed E-state index contributed by atoms with van der Waals surface area (Å²) in [6, 6.07) is 41.8. The number of phenols is 1. The second-order valence-corrected chi connectivity index (χ2v) is 31.5. The van der Waals surface area contributed by atoms with Crippen molar-refractivity contribution < 1.29 is 72.2 Å². The van der Waals surface area contributed by atoms with Gasteiger partial charge in [-0.3, -0.25) is 4.79 Å². The number of nitrogens with zero attached hydrogens (tertiary/aromatic N) is 9. The van der Waals surface area contributed by atoms with Crippen molar-refractivity contribution >= 4 is 70.7 Å². The molecule has 4 aliphatic carbocycles. The number of aliphatic imine (C=N–C) groups is 2. The van der Waals surface area contributed by atoms with Crippen LogP contribution in [-0.2, 0) is 47.7 Å². The second-order valence-electron chi connectivity index (χ2n) is 31.5. The molecule has 0 aromatic heterocycles. The van der Waals surface area contributed by atoms with Gasteiger partial charge in [-0.15, -0.1) is 0 Å². The summed E-state index contributed by atoms with van der Waals surface area (Å²) in [6.45, 7) is 30.1. The monoisotopic (exact) mass is 1520 g/mol. The zero-order valence-corrected chi connectivity index (χ0v) is 65.7. The molecule has 3 saturated carbocycles. The predicted molar refractivity (Wildman–Crippen MR) is 421 cm³/mol. The molecule has 5 aromatic rings. The summed E-state index contributed by atoms with van der Waals surface area (Å²) >= 11 is 0. The first-order valence-electron chi connectivity index (χ1n) is 36.8. The van der Waals surface area contributed by atoms with Crippen LogP contribution in [-0.4, -0.2) is 110 Å². The van der Waals surface area contributed by atoms with E-state index >= 15 is 0 Å². The number of amides is 2. The SMILES string of the molecule is C=C(C)C(=O)OCCO.C=C(C)C(=O)OCCOC(=O)CCC1(C)CC(NC(=O)OC2=CC=C(N=Nc3ccccc3)CC2)CC(C)(C)C1.CC1(C)CC(NC(=O)Oc2ccc(N=Nc3ccccc3)cc2)CC(C)(CN=C=O)C1.CC1(C)CC(OC#N)CC(C)(CN=C=O)C1.Oc1ccc(N=Nc2ccccc2)cc1. The van der Waals surface area contributed by atoms with Gasteiger partial charge in [-0.25, -0.2) is 38.8 Å². The molecule has 592 valence electrons. The number of aliphatic hydroxyl groups excluding tert-OH is 1. The highest BCUT2D eigenvalue weighted by molar-refractivity contribution is 5.87. The van der Waals surface area contributed by atoms with Gasteiger partial charge in [0.25, 0.3) is 6.26 Å². The Bertz CT molecular complexity index is 4170. The maximum Gasteiger partial charge on any atom is 0.412 e. The van der Waals surface area contributed by atoms with Crippen LogP contribution >= 0.6 is 0 Å². The van der Waals surface area contributed by atoms with Crippen molar-refractivity contribution in [3.05, 3.63) is 187 Å². The van der Waals surface area contributed by atoms with Crippen LogP contribution in [0.3, 0.4) is 0 Å². The molecule has 111 heavy (non-hydrogen) atoms. The summed E-state index contributed by atoms with van der Waals surface area (Å²) in [5.74, 6) is -0.0425. The fourth-order valence-corrected chi connectivity index (χ4v) is 14.5. The highest BCUT2D eigenvalue weighted by Gasteiger charge is 2.45. The average molecular weight is 1520 g/mol. The van der Waals surface area contributed by atoms with Crippen molar-refractivity contribution in [1.82, 2.24) is 10.6 Å². The van der Waals surface area contributed by atoms with Gasteiger partial charge in [0.2, 0.25) is 12.2 Å². The van der Waals surface area contributed by atoms with Crippen LogP contribution in [0, 0.1) is 44.0 Å². The number of hydrogen-bond donors (Lipinski definition) is 4. The van der Waals surface area contributed by atoms with Crippen LogP contribution in [0.2, 0.25) is 0 Å². The molecule has 2 amide bonds. The number of nitriles is 1. The minimum absolute atomic E-state index is 0.00116. The van der Waals surface area contributed by atoms with Crippen molar-refractivity contribution in [2.24, 2.45) is 73.2 Å². The number of alkyl carbamates (subject to hydrolysis) is 1. The molecular formula is C85H107N11O15. The van der Waals surface area contributed by atoms with E-state index in [1.165, 1.54) is 0 Å². The maximum atomic E-state index is 12.7. The van der Waals surface area contributed by atoms with E-state index in [-0.39, 0.29) is 95.2 Å². The third-order valence-corrected chi connectivity index (χ3v) is 18.1. The zero-order chi connectivity index (χ0) is 81.5. The van der Waals surface area contributed by atoms with Crippen molar-refractivity contribution in [3.63, 3.8) is 0 Å². The summed E-state index contributed by atoms with van der Waals surface area (Å²) < 4.78 is 30.7. The molecule has 9 rings (SSSR count). The molecule has 4 aliphatic rings. The van der Waals surface area contributed by atoms with E-state index in [2.05, 4.69) is 132 Å². The molecular weight excluding hydrogens is 1410 g/mol. The van der Waals surface area contributed by atoms with Crippen LogP contribution < -0.4 is 15.4 Å². The Morgan fingerprint density at radius 3 is 1.37 bits per heavy atom. The number of aromatic hydroxyl groups is 1. The average Bonchev–Trinajstić information content (AvgIpc) is 0.813. The zero-order valence-electron chi connectivity index (χ0n) is 65.7. The fourth-order valence-electron chi connectivity index (χ4n) is 14.5. The van der Waals surface area contributed by atoms with Crippen LogP contribution in [0.15, 0.2) is 228 Å². The third-order valence-electron chi connectivity index (χ3n) is 18.1. The molecule has 0 saturated heterocycles. The molecule has 0 radical (unpaired) electrons. The summed E-state index contributed by atoms with van der Waals surface area (Å²) in [7, 11) is 0. The minimum Gasteiger partial charge on any atom is -0.508 e. The predicted octanol–water partition coefficient (Wildman–Crippen LogP) is 19.5. The number of allylic oxidation sites excluding steroid dienone is 4. The largest absolute Gasteiger partial charge is 0.508 e. The molecule has 0 bridgehead atoms. The maximum absolute atomic E-state index is 12.7. The van der Waals surface area contributed by atoms with Crippen molar-refractivity contribution in [2.45, 2.75) is 178 Å². The standard InChI is InChI=1S/C31H41N3O6.C24H28N4O3.C12H18N2O2.C12H10N2O.C6H10O3/c1-22(2)28(36)39-18-17-38-27(35)15-16-31(5)20-25(19-30(3,4)21-31)32-29(37)40-26-13-11-24(12-14-26)34-33-23-9-7-6-8-10-23;1-23(2)13-20(14-24(3,15-23)16-25-17-29)26-22(30)31-21-11-9-19(10-12-21)28-27-18-7-5-4-6-8-18;1-11(2)4-10(16-8-13)5-12(3,6-11)7-14-9-15;15-12-8-6-11(7-9-12)14-13-10-4-2-1-3-5-10;1-5(2)6(8)9-4-3-7/h6-11,13,25H,1,12,14-21H2,2-5H3,(H,32,37);4-12,20H,13-16H2,1-3H3,(H,26,30);10H,4-7H2,1-3H3;1-9,15H;7H,1,3-4H2,2H3. The molecule has 26 nitrogen and oxygen atoms in total. The van der Waals surface area contributed by atoms with Gasteiger partial charge in [-0.05, 0) is 214 Å². The van der Waals surface area contributed by atoms with Gasteiger partial charge in [0.15, 0.2) is 0 Å². The van der Waals surface area contributed by atoms with Gasteiger partial charge in [0.05, 0.1) is 53.8 Å². The molecule has 5 aromatic carbocycles. The van der Waals surface area contributed by atoms with E-state index in [0.717, 1.165) is 86.2 Å². The molecule has 26 heteroatoms. The molecule has 0 spiro atoms. The van der Waals surface area contributed by atoms with Crippen molar-refractivity contribution in [2.75, 3.05) is 39.5 Å². The normalized spacial score (nSPS) is 21.0. The molecule has 4 N–H and O–H groups in total. The number of hydrogen-bond acceptors (Lipinski definition) is 24. The molecule has 3 fully saturated rings. The van der Waals surface area contributed by atoms with E-state index in [0.29, 0.717) is 60.7 Å². The Kier molecular flexibility index (Phi) is 36.5. The lowest BCUT2D eigenvalue weighted by Crippen LogP contribution is -2.48. The smallest absolute Gasteiger partial charge is 0.412 e. The number of carbonyl (C=O) groups is 5. The van der Waals surface area contributed by atoms with Gasteiger partial charge >= 0.3 is 30.1 Å². The van der Waals surface area contributed by atoms with Crippen LogP contribution in [0.5, 0.6) is 11.5 Å². The number of phenolic OH excluding ortho intramolecular Hbond substituents is 1. The molecule has 6 unspecified atom stereocenters. The van der Waals surface area contributed by atoms with Gasteiger partial charge in [0, 0.05) is 36.1 Å². The lowest BCUT2D eigenvalue weighted by atomic mass is 9.61. The highest BCUT2D eigenvalue weighted by atomic mass is 16.6. The number of nitrogens with one attached hydrogen (secondary N) is 2. The summed E-state index contributed by atoms with van der Waals surface area (Å²) in [4.78, 5) is 87.6. The molecule has 6 atom stereocenters. The van der Waals surface area contributed by atoms with Gasteiger partial charge in [0.1, 0.15) is 43.2 Å². The second kappa shape index (κ2) is 44.9. The number of ether oxygens (including phenoxy) is 6. The number of benzene rings is 5. The van der Waals surface area contributed by atoms with E-state index in [1.54, 1.807) is 86.9 Å². The topological polar surface area (TPSA) is 362 Å². The van der Waals surface area contributed by atoms with Crippen LogP contribution in [0.25, 0.3) is 0 Å². The number of azo groups is 3. The Hall–Kier alpha value is -11.4. The van der Waals surface area contributed by atoms with Crippen LogP contribution in [0.4, 0.5) is 38.0 Å². The Morgan fingerprint density at radius 2 is 0.919 bits per heavy atom. The third kappa shape index (κ3) is 36.1. The van der Waals surface area contributed by atoms with E-state index < -0.39 is 24.1 Å². The lowest BCUT2D eigenvalue weighted by Gasteiger charge is -2.46. The lowest BCUT2D eigenvalue weighted by molar-refractivity contribution is -0.150. The molecule has 0 heterocycles. The first-order chi connectivity index (χ1) is 52.6. The van der Waals surface area contributed by atoms with E-state index in [4.69, 9.17) is 39.2 Å². The number of carbonyl (C=O) groups excluding carboxylic acids is 7. The fraction of sp³-hybridized carbons (Fsp3) is 0.459. The van der Waals surface area contributed by atoms with E-state index in [9.17, 15) is 33.6 Å². The Balaban J connectivity index is 0.000000272. The summed E-state index contributed by atoms with van der Waals surface area (Å²) in [6.07, 6.45) is 17.2. The number of esters is 3. The number of aliphatic hydroxyl groups is 1. The van der Waals surface area contributed by atoms with E-state index in [1.807, 2.05) is 97.1 Å². The van der Waals surface area contributed by atoms with Gasteiger partial charge < -0.3 is 49.3 Å². The Morgan fingerprint density at radius 1 is 0.505 bits per heavy atom. The summed E-state index contributed by atoms with van der Waals surface area (Å²) in [5.41, 5.74) is 4.96. The van der Waals surface area contributed by atoms with Gasteiger partial charge in [-0.1, -0.05) is 130 Å².